The molecular weight excluding hydrogens is 238 g/mol. The van der Waals surface area contributed by atoms with Crippen LogP contribution in [0, 0.1) is 13.8 Å². The van der Waals surface area contributed by atoms with Crippen LogP contribution in [0.2, 0.25) is 0 Å². The second-order valence-electron chi connectivity index (χ2n) is 4.53. The number of nitrogens with one attached hydrogen (secondary N) is 2. The molecule has 0 atom stereocenters. The van der Waals surface area contributed by atoms with E-state index in [1.807, 2.05) is 32.0 Å². The highest BCUT2D eigenvalue weighted by Gasteiger charge is 2.06. The second kappa shape index (κ2) is 4.68. The molecule has 3 rings (SSSR count). The number of hydrogen-bond donors (Lipinski definition) is 2. The highest BCUT2D eigenvalue weighted by atomic mass is 15.1. The van der Waals surface area contributed by atoms with Gasteiger partial charge in [-0.25, -0.2) is 0 Å². The van der Waals surface area contributed by atoms with Crippen LogP contribution in [0.15, 0.2) is 30.6 Å². The van der Waals surface area contributed by atoms with E-state index in [1.54, 1.807) is 12.4 Å². The third kappa shape index (κ3) is 2.27. The van der Waals surface area contributed by atoms with Crippen molar-refractivity contribution in [3.63, 3.8) is 0 Å². The number of hydrogen-bond acceptors (Lipinski definition) is 4. The van der Waals surface area contributed by atoms with Gasteiger partial charge in [-0.3, -0.25) is 15.1 Å². The molecule has 96 valence electrons. The van der Waals surface area contributed by atoms with Gasteiger partial charge in [0.25, 0.3) is 0 Å². The van der Waals surface area contributed by atoms with Crippen molar-refractivity contribution >= 4 is 16.7 Å². The fraction of sp³-hybridized carbons (Fsp3) is 0.214. The summed E-state index contributed by atoms with van der Waals surface area (Å²) in [6.45, 7) is 4.79. The number of rotatable bonds is 3. The molecule has 0 unspecified atom stereocenters. The van der Waals surface area contributed by atoms with E-state index in [1.165, 1.54) is 5.56 Å². The van der Waals surface area contributed by atoms with Crippen LogP contribution in [-0.4, -0.2) is 20.2 Å². The van der Waals surface area contributed by atoms with Crippen LogP contribution < -0.4 is 5.32 Å². The van der Waals surface area contributed by atoms with Crippen LogP contribution in [0.5, 0.6) is 0 Å². The molecule has 0 aliphatic rings. The molecule has 5 nitrogen and oxygen atoms in total. The van der Waals surface area contributed by atoms with E-state index in [9.17, 15) is 0 Å². The Balaban J connectivity index is 1.82. The lowest BCUT2D eigenvalue weighted by molar-refractivity contribution is 1.02. The zero-order chi connectivity index (χ0) is 13.2. The van der Waals surface area contributed by atoms with Crippen LogP contribution in [0.4, 0.5) is 5.69 Å². The van der Waals surface area contributed by atoms with Crippen LogP contribution in [0.1, 0.15) is 17.0 Å². The molecular formula is C14H15N5. The maximum atomic E-state index is 4.30. The summed E-state index contributed by atoms with van der Waals surface area (Å²) in [5, 5.41) is 10.6. The lowest BCUT2D eigenvalue weighted by Crippen LogP contribution is -2.01. The van der Waals surface area contributed by atoms with E-state index < -0.39 is 0 Å². The van der Waals surface area contributed by atoms with E-state index in [4.69, 9.17) is 0 Å². The first-order valence-electron chi connectivity index (χ1n) is 6.19. The minimum absolute atomic E-state index is 0.750. The number of aromatic nitrogens is 4. The highest BCUT2D eigenvalue weighted by molar-refractivity contribution is 5.78. The van der Waals surface area contributed by atoms with Crippen LogP contribution in [0.3, 0.4) is 0 Å². The SMILES string of the molecule is Cc1n[nH]c(C)c1CNc1ccc2nccnc2c1. The van der Waals surface area contributed by atoms with Gasteiger partial charge in [0.1, 0.15) is 0 Å². The Morgan fingerprint density at radius 1 is 1.11 bits per heavy atom. The van der Waals surface area contributed by atoms with Crippen LogP contribution in [-0.2, 0) is 6.54 Å². The summed E-state index contributed by atoms with van der Waals surface area (Å²) in [7, 11) is 0. The molecule has 19 heavy (non-hydrogen) atoms. The number of nitrogens with zero attached hydrogens (tertiary/aromatic N) is 3. The molecule has 0 fully saturated rings. The van der Waals surface area contributed by atoms with Crippen molar-refractivity contribution in [3.8, 4) is 0 Å². The van der Waals surface area contributed by atoms with E-state index in [-0.39, 0.29) is 0 Å². The fourth-order valence-electron chi connectivity index (χ4n) is 2.10. The minimum Gasteiger partial charge on any atom is -0.381 e. The normalized spacial score (nSPS) is 10.8. The summed E-state index contributed by atoms with van der Waals surface area (Å²) in [5.74, 6) is 0. The summed E-state index contributed by atoms with van der Waals surface area (Å²) < 4.78 is 0. The second-order valence-corrected chi connectivity index (χ2v) is 4.53. The standard InChI is InChI=1S/C14H15N5/c1-9-12(10(2)19-18-9)8-17-11-3-4-13-14(7-11)16-6-5-15-13/h3-7,17H,8H2,1-2H3,(H,18,19). The van der Waals surface area contributed by atoms with Crippen molar-refractivity contribution in [1.82, 2.24) is 20.2 Å². The van der Waals surface area contributed by atoms with E-state index >= 15 is 0 Å². The Labute approximate surface area is 111 Å². The largest absolute Gasteiger partial charge is 0.381 e. The van der Waals surface area contributed by atoms with Gasteiger partial charge in [-0.15, -0.1) is 0 Å². The summed E-state index contributed by atoms with van der Waals surface area (Å²) in [6.07, 6.45) is 3.41. The number of fused-ring (bicyclic) bond motifs is 1. The van der Waals surface area contributed by atoms with Gasteiger partial charge in [-0.05, 0) is 32.0 Å². The number of H-pyrrole nitrogens is 1. The van der Waals surface area contributed by atoms with Crippen molar-refractivity contribution in [3.05, 3.63) is 47.5 Å². The van der Waals surface area contributed by atoms with Crippen molar-refractivity contribution in [2.75, 3.05) is 5.32 Å². The summed E-state index contributed by atoms with van der Waals surface area (Å²) in [5.41, 5.74) is 6.18. The smallest absolute Gasteiger partial charge is 0.0907 e. The Bertz CT molecular complexity index is 697. The Kier molecular flexibility index (Phi) is 2.87. The molecule has 0 bridgehead atoms. The van der Waals surface area contributed by atoms with Gasteiger partial charge < -0.3 is 5.32 Å². The first-order chi connectivity index (χ1) is 9.24. The number of anilines is 1. The summed E-state index contributed by atoms with van der Waals surface area (Å²) in [4.78, 5) is 8.56. The molecule has 2 heterocycles. The molecule has 0 aliphatic carbocycles. The Morgan fingerprint density at radius 2 is 1.89 bits per heavy atom. The number of aromatic amines is 1. The lowest BCUT2D eigenvalue weighted by atomic mass is 10.2. The molecule has 3 aromatic rings. The average molecular weight is 253 g/mol. The molecule has 0 radical (unpaired) electrons. The molecule has 2 N–H and O–H groups in total. The maximum Gasteiger partial charge on any atom is 0.0907 e. The number of aryl methyl sites for hydroxylation is 2. The van der Waals surface area contributed by atoms with Crippen LogP contribution in [0.25, 0.3) is 11.0 Å². The molecule has 0 saturated heterocycles. The predicted octanol–water partition coefficient (Wildman–Crippen LogP) is 2.58. The van der Waals surface area contributed by atoms with E-state index in [0.29, 0.717) is 0 Å². The molecule has 5 heteroatoms. The molecule has 2 aromatic heterocycles. The van der Waals surface area contributed by atoms with Gasteiger partial charge in [0, 0.05) is 35.9 Å². The van der Waals surface area contributed by atoms with Gasteiger partial charge in [-0.1, -0.05) is 0 Å². The molecule has 0 spiro atoms. The fourth-order valence-corrected chi connectivity index (χ4v) is 2.10. The third-order valence-corrected chi connectivity index (χ3v) is 3.22. The summed E-state index contributed by atoms with van der Waals surface area (Å²) >= 11 is 0. The van der Waals surface area contributed by atoms with Gasteiger partial charge in [0.15, 0.2) is 0 Å². The van der Waals surface area contributed by atoms with Crippen LogP contribution >= 0.6 is 0 Å². The first kappa shape index (κ1) is 11.6. The first-order valence-corrected chi connectivity index (χ1v) is 6.19. The summed E-state index contributed by atoms with van der Waals surface area (Å²) in [6, 6.07) is 5.99. The third-order valence-electron chi connectivity index (χ3n) is 3.22. The van der Waals surface area contributed by atoms with E-state index in [0.717, 1.165) is 34.7 Å². The van der Waals surface area contributed by atoms with Crippen molar-refractivity contribution in [2.45, 2.75) is 20.4 Å². The van der Waals surface area contributed by atoms with Gasteiger partial charge in [0.2, 0.25) is 0 Å². The Hall–Kier alpha value is -2.43. The van der Waals surface area contributed by atoms with Crippen molar-refractivity contribution in [2.24, 2.45) is 0 Å². The van der Waals surface area contributed by atoms with Gasteiger partial charge >= 0.3 is 0 Å². The van der Waals surface area contributed by atoms with Gasteiger partial charge in [0.05, 0.1) is 16.7 Å². The molecule has 0 aliphatic heterocycles. The number of benzene rings is 1. The predicted molar refractivity (Wildman–Crippen MR) is 74.9 cm³/mol. The lowest BCUT2D eigenvalue weighted by Gasteiger charge is -2.07. The topological polar surface area (TPSA) is 66.5 Å². The van der Waals surface area contributed by atoms with Crippen molar-refractivity contribution < 1.29 is 0 Å². The molecule has 0 saturated carbocycles. The zero-order valence-electron chi connectivity index (χ0n) is 10.9. The monoisotopic (exact) mass is 253 g/mol. The molecule has 0 amide bonds. The van der Waals surface area contributed by atoms with Gasteiger partial charge in [-0.2, -0.15) is 5.10 Å². The minimum atomic E-state index is 0.750. The Morgan fingerprint density at radius 3 is 2.63 bits per heavy atom. The average Bonchev–Trinajstić information content (AvgIpc) is 2.76. The highest BCUT2D eigenvalue weighted by Crippen LogP contribution is 2.17. The zero-order valence-corrected chi connectivity index (χ0v) is 10.9. The maximum absolute atomic E-state index is 4.30. The molecule has 1 aromatic carbocycles. The van der Waals surface area contributed by atoms with E-state index in [2.05, 4.69) is 25.5 Å². The quantitative estimate of drug-likeness (QED) is 0.753. The van der Waals surface area contributed by atoms with Crippen molar-refractivity contribution in [1.29, 1.82) is 0 Å².